The number of halogens is 2. The van der Waals surface area contributed by atoms with Gasteiger partial charge in [0.05, 0.1) is 11.2 Å². The van der Waals surface area contributed by atoms with E-state index in [2.05, 4.69) is 20.8 Å². The highest BCUT2D eigenvalue weighted by Gasteiger charge is 2.08. The van der Waals surface area contributed by atoms with Crippen LogP contribution in [0.2, 0.25) is 5.02 Å². The lowest BCUT2D eigenvalue weighted by atomic mass is 10.2. The van der Waals surface area contributed by atoms with Gasteiger partial charge in [-0.25, -0.2) is 9.82 Å². The van der Waals surface area contributed by atoms with E-state index in [0.29, 0.717) is 28.3 Å². The molecule has 1 aromatic heterocycles. The molecule has 2 amide bonds. The quantitative estimate of drug-likeness (QED) is 0.256. The molecule has 2 N–H and O–H groups in total. The fraction of sp³-hybridized carbons (Fsp3) is 0.0769. The van der Waals surface area contributed by atoms with Gasteiger partial charge in [-0.05, 0) is 60.2 Å². The summed E-state index contributed by atoms with van der Waals surface area (Å²) in [7, 11) is 0. The Morgan fingerprint density at radius 1 is 0.944 bits per heavy atom. The van der Waals surface area contributed by atoms with Crippen molar-refractivity contribution < 1.29 is 23.5 Å². The number of carbonyl (C=O) groups is 2. The number of anilines is 1. The standard InChI is InChI=1S/C26H20ClFN4O4/c27-21-13-17(6-11-22(21)35-15-24(33)31-20-9-7-19(28)8-10-20)14-30-32-25(34)16-36-23-5-1-3-18-4-2-12-29-26(18)23/h1-14H,15-16H2,(H,31,33)(H,32,34)/b30-14+. The second kappa shape index (κ2) is 11.8. The zero-order valence-corrected chi connectivity index (χ0v) is 19.5. The third-order valence-electron chi connectivity index (χ3n) is 4.80. The molecule has 8 nitrogen and oxygen atoms in total. The van der Waals surface area contributed by atoms with Gasteiger partial charge in [0, 0.05) is 17.3 Å². The van der Waals surface area contributed by atoms with Crippen molar-refractivity contribution in [3.8, 4) is 11.5 Å². The molecule has 4 rings (SSSR count). The van der Waals surface area contributed by atoms with E-state index in [1.807, 2.05) is 24.3 Å². The average Bonchev–Trinajstić information content (AvgIpc) is 2.88. The Balaban J connectivity index is 1.24. The van der Waals surface area contributed by atoms with Crippen LogP contribution in [0.15, 0.2) is 84.1 Å². The van der Waals surface area contributed by atoms with Gasteiger partial charge < -0.3 is 14.8 Å². The number of amides is 2. The summed E-state index contributed by atoms with van der Waals surface area (Å²) in [5.41, 5.74) is 4.10. The van der Waals surface area contributed by atoms with Gasteiger partial charge in [-0.15, -0.1) is 0 Å². The number of hydrogen-bond donors (Lipinski definition) is 2. The van der Waals surface area contributed by atoms with Gasteiger partial charge in [-0.2, -0.15) is 5.10 Å². The molecule has 0 aliphatic rings. The SMILES string of the molecule is O=C(COc1cccc2cccnc12)N/N=C/c1ccc(OCC(=O)Nc2ccc(F)cc2)c(Cl)c1. The molecule has 3 aromatic carbocycles. The molecular formula is C26H20ClFN4O4. The highest BCUT2D eigenvalue weighted by atomic mass is 35.5. The van der Waals surface area contributed by atoms with Crippen LogP contribution in [-0.4, -0.2) is 36.2 Å². The number of hydrazone groups is 1. The minimum Gasteiger partial charge on any atom is -0.482 e. The van der Waals surface area contributed by atoms with Crippen molar-refractivity contribution in [1.82, 2.24) is 10.4 Å². The largest absolute Gasteiger partial charge is 0.482 e. The fourth-order valence-corrected chi connectivity index (χ4v) is 3.38. The average molecular weight is 507 g/mol. The molecule has 0 unspecified atom stereocenters. The Bertz CT molecular complexity index is 1410. The lowest BCUT2D eigenvalue weighted by molar-refractivity contribution is -0.123. The maximum atomic E-state index is 12.9. The molecule has 10 heteroatoms. The number of pyridine rings is 1. The molecular weight excluding hydrogens is 487 g/mol. The van der Waals surface area contributed by atoms with Crippen LogP contribution >= 0.6 is 11.6 Å². The van der Waals surface area contributed by atoms with E-state index >= 15 is 0 Å². The molecule has 0 saturated heterocycles. The number of rotatable bonds is 9. The lowest BCUT2D eigenvalue weighted by Crippen LogP contribution is -2.24. The van der Waals surface area contributed by atoms with E-state index < -0.39 is 17.6 Å². The molecule has 0 bridgehead atoms. The van der Waals surface area contributed by atoms with E-state index in [-0.39, 0.29) is 18.2 Å². The van der Waals surface area contributed by atoms with Gasteiger partial charge in [-0.1, -0.05) is 29.8 Å². The molecule has 0 aliphatic carbocycles. The Morgan fingerprint density at radius 2 is 1.69 bits per heavy atom. The van der Waals surface area contributed by atoms with Crippen molar-refractivity contribution in [1.29, 1.82) is 0 Å². The summed E-state index contributed by atoms with van der Waals surface area (Å²) in [6.07, 6.45) is 3.07. The van der Waals surface area contributed by atoms with Crippen LogP contribution in [0.3, 0.4) is 0 Å². The van der Waals surface area contributed by atoms with Crippen molar-refractivity contribution in [2.24, 2.45) is 5.10 Å². The number of para-hydroxylation sites is 1. The first-order chi connectivity index (χ1) is 17.5. The van der Waals surface area contributed by atoms with Crippen LogP contribution in [0.5, 0.6) is 11.5 Å². The number of nitrogens with zero attached hydrogens (tertiary/aromatic N) is 2. The summed E-state index contributed by atoms with van der Waals surface area (Å²) in [6, 6.07) is 19.4. The van der Waals surface area contributed by atoms with Crippen molar-refractivity contribution in [3.05, 3.63) is 95.4 Å². The third kappa shape index (κ3) is 6.77. The van der Waals surface area contributed by atoms with Crippen molar-refractivity contribution >= 4 is 46.2 Å². The van der Waals surface area contributed by atoms with Gasteiger partial charge in [0.2, 0.25) is 0 Å². The minimum atomic E-state index is -0.447. The predicted octanol–water partition coefficient (Wildman–Crippen LogP) is 4.57. The Hall–Kier alpha value is -4.50. The molecule has 0 spiro atoms. The first-order valence-electron chi connectivity index (χ1n) is 10.7. The Labute approximate surface area is 210 Å². The van der Waals surface area contributed by atoms with Crippen LogP contribution in [-0.2, 0) is 9.59 Å². The highest BCUT2D eigenvalue weighted by Crippen LogP contribution is 2.25. The predicted molar refractivity (Wildman–Crippen MR) is 135 cm³/mol. The van der Waals surface area contributed by atoms with Crippen molar-refractivity contribution in [3.63, 3.8) is 0 Å². The summed E-state index contributed by atoms with van der Waals surface area (Å²) in [5, 5.41) is 7.66. The molecule has 0 saturated carbocycles. The number of ether oxygens (including phenoxy) is 2. The summed E-state index contributed by atoms with van der Waals surface area (Å²) >= 11 is 6.22. The van der Waals surface area contributed by atoms with Gasteiger partial charge in [0.15, 0.2) is 13.2 Å². The first-order valence-corrected chi connectivity index (χ1v) is 11.1. The van der Waals surface area contributed by atoms with Gasteiger partial charge in [0.25, 0.3) is 11.8 Å². The molecule has 4 aromatic rings. The first kappa shape index (κ1) is 24.6. The van der Waals surface area contributed by atoms with Crippen molar-refractivity contribution in [2.45, 2.75) is 0 Å². The number of fused-ring (bicyclic) bond motifs is 1. The second-order valence-corrected chi connectivity index (χ2v) is 7.85. The zero-order valence-electron chi connectivity index (χ0n) is 18.8. The van der Waals surface area contributed by atoms with E-state index in [4.69, 9.17) is 21.1 Å². The monoisotopic (exact) mass is 506 g/mol. The summed E-state index contributed by atoms with van der Waals surface area (Å²) in [6.45, 7) is -0.520. The Morgan fingerprint density at radius 3 is 2.50 bits per heavy atom. The van der Waals surface area contributed by atoms with E-state index in [0.717, 1.165) is 5.39 Å². The van der Waals surface area contributed by atoms with Crippen LogP contribution in [0.1, 0.15) is 5.56 Å². The highest BCUT2D eigenvalue weighted by molar-refractivity contribution is 6.32. The Kier molecular flexibility index (Phi) is 8.05. The van der Waals surface area contributed by atoms with Crippen LogP contribution in [0.4, 0.5) is 10.1 Å². The number of hydrogen-bond acceptors (Lipinski definition) is 6. The number of carbonyl (C=O) groups excluding carboxylic acids is 2. The molecule has 0 radical (unpaired) electrons. The van der Waals surface area contributed by atoms with Gasteiger partial charge >= 0.3 is 0 Å². The normalized spacial score (nSPS) is 10.8. The molecule has 0 fully saturated rings. The minimum absolute atomic E-state index is 0.236. The van der Waals surface area contributed by atoms with E-state index in [1.165, 1.54) is 30.5 Å². The third-order valence-corrected chi connectivity index (χ3v) is 5.10. The van der Waals surface area contributed by atoms with E-state index in [1.54, 1.807) is 30.5 Å². The summed E-state index contributed by atoms with van der Waals surface area (Å²) < 4.78 is 24.0. The number of nitrogens with one attached hydrogen (secondary N) is 2. The van der Waals surface area contributed by atoms with Crippen LogP contribution in [0.25, 0.3) is 10.9 Å². The zero-order chi connectivity index (χ0) is 25.3. The second-order valence-electron chi connectivity index (χ2n) is 7.45. The molecule has 0 aliphatic heterocycles. The topological polar surface area (TPSA) is 102 Å². The molecule has 182 valence electrons. The van der Waals surface area contributed by atoms with Gasteiger partial charge in [-0.3, -0.25) is 14.6 Å². The number of aromatic nitrogens is 1. The smallest absolute Gasteiger partial charge is 0.277 e. The van der Waals surface area contributed by atoms with E-state index in [9.17, 15) is 14.0 Å². The van der Waals surface area contributed by atoms with Crippen LogP contribution < -0.4 is 20.2 Å². The van der Waals surface area contributed by atoms with Crippen LogP contribution in [0, 0.1) is 5.82 Å². The fourth-order valence-electron chi connectivity index (χ4n) is 3.14. The maximum absolute atomic E-state index is 12.9. The van der Waals surface area contributed by atoms with Gasteiger partial charge in [0.1, 0.15) is 22.8 Å². The number of benzene rings is 3. The molecule has 1 heterocycles. The lowest BCUT2D eigenvalue weighted by Gasteiger charge is -2.09. The van der Waals surface area contributed by atoms with Crippen molar-refractivity contribution in [2.75, 3.05) is 18.5 Å². The molecule has 0 atom stereocenters. The molecule has 36 heavy (non-hydrogen) atoms. The summed E-state index contributed by atoms with van der Waals surface area (Å²) in [4.78, 5) is 28.4. The maximum Gasteiger partial charge on any atom is 0.277 e. The summed E-state index contributed by atoms with van der Waals surface area (Å²) in [5.74, 6) is -0.471.